The predicted molar refractivity (Wildman–Crippen MR) is 57.1 cm³/mol. The molecular weight excluding hydrogens is 248 g/mol. The first-order chi connectivity index (χ1) is 7.99. The zero-order chi connectivity index (χ0) is 12.5. The molecule has 17 heavy (non-hydrogen) atoms. The number of imidazole rings is 1. The minimum atomic E-state index is -3.83. The van der Waals surface area contributed by atoms with Gasteiger partial charge in [-0.25, -0.2) is 22.9 Å². The fourth-order valence-corrected chi connectivity index (χ4v) is 2.13. The van der Waals surface area contributed by atoms with Gasteiger partial charge in [-0.1, -0.05) is 0 Å². The average Bonchev–Trinajstić information content (AvgIpc) is 2.84. The van der Waals surface area contributed by atoms with Gasteiger partial charge in [0.15, 0.2) is 0 Å². The number of sulfonamides is 1. The normalized spacial score (nSPS) is 11.3. The maximum Gasteiger partial charge on any atom is 0.352 e. The van der Waals surface area contributed by atoms with Crippen molar-refractivity contribution in [2.75, 3.05) is 4.72 Å². The summed E-state index contributed by atoms with van der Waals surface area (Å²) in [5.74, 6) is -1.17. The fraction of sp³-hybridized carbons (Fsp3) is 0. The van der Waals surface area contributed by atoms with Crippen LogP contribution in [0.5, 0.6) is 0 Å². The fourth-order valence-electron chi connectivity index (χ4n) is 1.16. The summed E-state index contributed by atoms with van der Waals surface area (Å²) in [4.78, 5) is 19.0. The zero-order valence-corrected chi connectivity index (χ0v) is 9.15. The summed E-state index contributed by atoms with van der Waals surface area (Å²) >= 11 is 0. The number of nitrogens with zero attached hydrogens (tertiary/aromatic N) is 1. The number of carbonyl (C=O) groups is 1. The smallest absolute Gasteiger partial charge is 0.352 e. The van der Waals surface area contributed by atoms with Crippen LogP contribution in [0, 0.1) is 0 Å². The van der Waals surface area contributed by atoms with Crippen molar-refractivity contribution < 1.29 is 18.3 Å². The molecular formula is C8H8N4O4S. The van der Waals surface area contributed by atoms with Gasteiger partial charge in [0.2, 0.25) is 5.95 Å². The van der Waals surface area contributed by atoms with E-state index in [2.05, 4.69) is 19.7 Å². The van der Waals surface area contributed by atoms with Crippen molar-refractivity contribution in [2.45, 2.75) is 4.90 Å². The molecule has 0 saturated heterocycles. The Balaban J connectivity index is 2.28. The highest BCUT2D eigenvalue weighted by Crippen LogP contribution is 2.14. The number of H-pyrrole nitrogens is 2. The lowest BCUT2D eigenvalue weighted by Crippen LogP contribution is -2.13. The molecule has 0 aliphatic rings. The summed E-state index contributed by atoms with van der Waals surface area (Å²) in [6.45, 7) is 0. The quantitative estimate of drug-likeness (QED) is 0.622. The summed E-state index contributed by atoms with van der Waals surface area (Å²) in [5.41, 5.74) is -0.204. The molecule has 0 fully saturated rings. The SMILES string of the molecule is O=C(O)c1cc(S(=O)(=O)Nc2ncc[nH]2)c[nH]1. The number of anilines is 1. The van der Waals surface area contributed by atoms with Gasteiger partial charge in [0.25, 0.3) is 10.0 Å². The minimum Gasteiger partial charge on any atom is -0.477 e. The van der Waals surface area contributed by atoms with E-state index in [1.165, 1.54) is 12.4 Å². The first-order valence-corrected chi connectivity index (χ1v) is 5.91. The van der Waals surface area contributed by atoms with E-state index in [0.717, 1.165) is 12.3 Å². The Kier molecular flexibility index (Phi) is 2.60. The monoisotopic (exact) mass is 256 g/mol. The van der Waals surface area contributed by atoms with Crippen LogP contribution in [0.15, 0.2) is 29.6 Å². The highest BCUT2D eigenvalue weighted by atomic mass is 32.2. The van der Waals surface area contributed by atoms with Crippen molar-refractivity contribution >= 4 is 21.9 Å². The number of hydrogen-bond acceptors (Lipinski definition) is 4. The molecule has 2 aromatic rings. The van der Waals surface area contributed by atoms with E-state index in [4.69, 9.17) is 5.11 Å². The van der Waals surface area contributed by atoms with Crippen LogP contribution in [0.1, 0.15) is 10.5 Å². The van der Waals surface area contributed by atoms with Gasteiger partial charge in [-0.2, -0.15) is 0 Å². The molecule has 0 bridgehead atoms. The summed E-state index contributed by atoms with van der Waals surface area (Å²) in [6.07, 6.45) is 3.93. The largest absolute Gasteiger partial charge is 0.477 e. The molecule has 0 aliphatic carbocycles. The second-order valence-corrected chi connectivity index (χ2v) is 4.78. The van der Waals surface area contributed by atoms with E-state index in [-0.39, 0.29) is 16.5 Å². The van der Waals surface area contributed by atoms with E-state index in [9.17, 15) is 13.2 Å². The first kappa shape index (κ1) is 11.2. The van der Waals surface area contributed by atoms with Crippen LogP contribution < -0.4 is 4.72 Å². The van der Waals surface area contributed by atoms with E-state index < -0.39 is 16.0 Å². The van der Waals surface area contributed by atoms with Gasteiger partial charge < -0.3 is 15.1 Å². The molecule has 0 aromatic carbocycles. The topological polar surface area (TPSA) is 128 Å². The molecule has 0 unspecified atom stereocenters. The highest BCUT2D eigenvalue weighted by Gasteiger charge is 2.18. The molecule has 0 radical (unpaired) electrons. The summed E-state index contributed by atoms with van der Waals surface area (Å²) < 4.78 is 25.7. The summed E-state index contributed by atoms with van der Waals surface area (Å²) in [7, 11) is -3.83. The molecule has 8 nitrogen and oxygen atoms in total. The van der Waals surface area contributed by atoms with E-state index in [0.29, 0.717) is 0 Å². The molecule has 2 heterocycles. The number of aromatic carboxylic acids is 1. The predicted octanol–water partition coefficient (Wildman–Crippen LogP) is 0.237. The molecule has 9 heteroatoms. The Morgan fingerprint density at radius 3 is 2.71 bits per heavy atom. The first-order valence-electron chi connectivity index (χ1n) is 4.43. The standard InChI is InChI=1S/C8H8N4O4S/c13-7(14)6-3-5(4-11-6)17(15,16)12-8-9-1-2-10-8/h1-4,11H,(H,13,14)(H2,9,10,12). The second kappa shape index (κ2) is 3.94. The lowest BCUT2D eigenvalue weighted by atomic mass is 10.4. The van der Waals surface area contributed by atoms with Crippen LogP contribution in [0.25, 0.3) is 0 Å². The number of aromatic amines is 2. The Hall–Kier alpha value is -2.29. The van der Waals surface area contributed by atoms with Crippen molar-refractivity contribution in [1.29, 1.82) is 0 Å². The molecule has 0 atom stereocenters. The third kappa shape index (κ3) is 2.28. The van der Waals surface area contributed by atoms with Crippen molar-refractivity contribution in [2.24, 2.45) is 0 Å². The van der Waals surface area contributed by atoms with Crippen LogP contribution in [0.2, 0.25) is 0 Å². The second-order valence-electron chi connectivity index (χ2n) is 3.10. The van der Waals surface area contributed by atoms with Gasteiger partial charge in [-0.05, 0) is 6.07 Å². The minimum absolute atomic E-state index is 0.0584. The van der Waals surface area contributed by atoms with Crippen LogP contribution in [0.3, 0.4) is 0 Å². The van der Waals surface area contributed by atoms with Crippen LogP contribution in [-0.4, -0.2) is 34.4 Å². The van der Waals surface area contributed by atoms with Gasteiger partial charge in [0, 0.05) is 18.6 Å². The number of nitrogens with one attached hydrogen (secondary N) is 3. The zero-order valence-electron chi connectivity index (χ0n) is 8.34. The van der Waals surface area contributed by atoms with Gasteiger partial charge in [-0.15, -0.1) is 0 Å². The van der Waals surface area contributed by atoms with Crippen molar-refractivity contribution in [3.8, 4) is 0 Å². The Morgan fingerprint density at radius 2 is 2.18 bits per heavy atom. The van der Waals surface area contributed by atoms with Crippen molar-refractivity contribution in [1.82, 2.24) is 15.0 Å². The number of hydrogen-bond donors (Lipinski definition) is 4. The van der Waals surface area contributed by atoms with E-state index in [1.807, 2.05) is 0 Å². The Labute approximate surface area is 95.8 Å². The molecule has 0 aliphatic heterocycles. The Bertz CT molecular complexity index is 628. The molecule has 0 amide bonds. The highest BCUT2D eigenvalue weighted by molar-refractivity contribution is 7.92. The van der Waals surface area contributed by atoms with Gasteiger partial charge in [-0.3, -0.25) is 0 Å². The van der Waals surface area contributed by atoms with Crippen LogP contribution in [-0.2, 0) is 10.0 Å². The molecule has 90 valence electrons. The lowest BCUT2D eigenvalue weighted by Gasteiger charge is -2.01. The molecule has 0 saturated carbocycles. The summed E-state index contributed by atoms with van der Waals surface area (Å²) in [6, 6.07) is 1.02. The maximum atomic E-state index is 11.8. The number of rotatable bonds is 4. The van der Waals surface area contributed by atoms with Crippen molar-refractivity contribution in [3.05, 3.63) is 30.4 Å². The van der Waals surface area contributed by atoms with Crippen LogP contribution >= 0.6 is 0 Å². The van der Waals surface area contributed by atoms with Crippen molar-refractivity contribution in [3.63, 3.8) is 0 Å². The molecule has 4 N–H and O–H groups in total. The maximum absolute atomic E-state index is 11.8. The van der Waals surface area contributed by atoms with E-state index >= 15 is 0 Å². The third-order valence-electron chi connectivity index (χ3n) is 1.93. The summed E-state index contributed by atoms with van der Waals surface area (Å²) in [5, 5.41) is 8.66. The van der Waals surface area contributed by atoms with Gasteiger partial charge in [0.1, 0.15) is 10.6 Å². The number of carboxylic acids is 1. The average molecular weight is 256 g/mol. The van der Waals surface area contributed by atoms with Crippen LogP contribution in [0.4, 0.5) is 5.95 Å². The van der Waals surface area contributed by atoms with E-state index in [1.54, 1.807) is 0 Å². The van der Waals surface area contributed by atoms with Gasteiger partial charge >= 0.3 is 5.97 Å². The number of carboxylic acid groups (broad SMARTS) is 1. The molecule has 2 aromatic heterocycles. The Morgan fingerprint density at radius 1 is 1.41 bits per heavy atom. The van der Waals surface area contributed by atoms with Gasteiger partial charge in [0.05, 0.1) is 0 Å². The molecule has 2 rings (SSSR count). The third-order valence-corrected chi connectivity index (χ3v) is 3.24. The lowest BCUT2D eigenvalue weighted by molar-refractivity contribution is 0.0691. The number of aromatic nitrogens is 3. The molecule has 0 spiro atoms.